The Morgan fingerprint density at radius 1 is 1.28 bits per heavy atom. The molecule has 0 radical (unpaired) electrons. The molecule has 1 aromatic carbocycles. The average Bonchev–Trinajstić information content (AvgIpc) is 2.35. The van der Waals surface area contributed by atoms with Crippen molar-refractivity contribution in [2.45, 2.75) is 13.3 Å². The Morgan fingerprint density at radius 2 is 1.94 bits per heavy atom. The number of rotatable bonds is 7. The zero-order chi connectivity index (χ0) is 13.4. The van der Waals surface area contributed by atoms with Crippen LogP contribution in [0.5, 0.6) is 0 Å². The first-order valence-electron chi connectivity index (χ1n) is 5.76. The molecule has 1 rings (SSSR count). The second kappa shape index (κ2) is 7.87. The molecular formula is C13H16FNO2S. The number of carbonyl (C=O) groups is 2. The quantitative estimate of drug-likeness (QED) is 0.610. The van der Waals surface area contributed by atoms with Gasteiger partial charge in [0, 0.05) is 24.3 Å². The molecule has 0 aliphatic rings. The normalized spacial score (nSPS) is 10.1. The van der Waals surface area contributed by atoms with Crippen LogP contribution in [0.2, 0.25) is 0 Å². The minimum Gasteiger partial charge on any atom is -0.356 e. The maximum absolute atomic E-state index is 12.7. The van der Waals surface area contributed by atoms with E-state index in [1.165, 1.54) is 36.0 Å². The number of nitrogens with one attached hydrogen (secondary N) is 1. The predicted octanol–water partition coefficient (Wildman–Crippen LogP) is 2.27. The number of ketones is 1. The Labute approximate surface area is 110 Å². The summed E-state index contributed by atoms with van der Waals surface area (Å²) in [4.78, 5) is 22.8. The Hall–Kier alpha value is -1.36. The van der Waals surface area contributed by atoms with Crippen molar-refractivity contribution < 1.29 is 14.0 Å². The summed E-state index contributed by atoms with van der Waals surface area (Å²) in [5.74, 6) is 0.560. The van der Waals surface area contributed by atoms with E-state index in [0.717, 1.165) is 0 Å². The molecule has 0 saturated heterocycles. The third-order valence-electron chi connectivity index (χ3n) is 2.25. The van der Waals surface area contributed by atoms with Crippen molar-refractivity contribution in [3.05, 3.63) is 35.6 Å². The van der Waals surface area contributed by atoms with E-state index in [2.05, 4.69) is 5.32 Å². The molecule has 3 nitrogen and oxygen atoms in total. The minimum atomic E-state index is -0.350. The van der Waals surface area contributed by atoms with E-state index in [4.69, 9.17) is 0 Å². The monoisotopic (exact) mass is 269 g/mol. The molecule has 98 valence electrons. The van der Waals surface area contributed by atoms with Crippen LogP contribution < -0.4 is 5.32 Å². The van der Waals surface area contributed by atoms with Gasteiger partial charge in [0.1, 0.15) is 5.82 Å². The van der Waals surface area contributed by atoms with Crippen molar-refractivity contribution in [2.75, 3.05) is 18.1 Å². The van der Waals surface area contributed by atoms with E-state index in [-0.39, 0.29) is 17.5 Å². The molecule has 18 heavy (non-hydrogen) atoms. The number of carbonyl (C=O) groups excluding carboxylic acids is 2. The van der Waals surface area contributed by atoms with Crippen LogP contribution in [0, 0.1) is 5.82 Å². The molecule has 0 atom stereocenters. The Balaban J connectivity index is 2.25. The van der Waals surface area contributed by atoms with Crippen molar-refractivity contribution in [1.82, 2.24) is 5.32 Å². The van der Waals surface area contributed by atoms with Crippen LogP contribution in [0.3, 0.4) is 0 Å². The van der Waals surface area contributed by atoms with Gasteiger partial charge in [-0.2, -0.15) is 11.8 Å². The van der Waals surface area contributed by atoms with Crippen LogP contribution in [0.25, 0.3) is 0 Å². The topological polar surface area (TPSA) is 46.2 Å². The lowest BCUT2D eigenvalue weighted by atomic mass is 10.1. The second-order valence-corrected chi connectivity index (χ2v) is 4.79. The summed E-state index contributed by atoms with van der Waals surface area (Å²) >= 11 is 1.42. The van der Waals surface area contributed by atoms with Gasteiger partial charge in [0.25, 0.3) is 0 Å². The van der Waals surface area contributed by atoms with Crippen molar-refractivity contribution in [3.8, 4) is 0 Å². The summed E-state index contributed by atoms with van der Waals surface area (Å²) in [7, 11) is 0. The molecule has 1 N–H and O–H groups in total. The zero-order valence-corrected chi connectivity index (χ0v) is 11.1. The summed E-state index contributed by atoms with van der Waals surface area (Å²) in [6, 6.07) is 5.50. The SMILES string of the molecule is CCNC(=O)CSCCC(=O)c1ccc(F)cc1. The number of hydrogen-bond acceptors (Lipinski definition) is 3. The first-order valence-corrected chi connectivity index (χ1v) is 6.92. The molecule has 0 spiro atoms. The zero-order valence-electron chi connectivity index (χ0n) is 10.2. The fourth-order valence-corrected chi connectivity index (χ4v) is 2.12. The van der Waals surface area contributed by atoms with Gasteiger partial charge in [0.15, 0.2) is 5.78 Å². The van der Waals surface area contributed by atoms with E-state index >= 15 is 0 Å². The molecule has 1 amide bonds. The van der Waals surface area contributed by atoms with Crippen LogP contribution in [-0.4, -0.2) is 29.7 Å². The number of halogens is 1. The summed E-state index contributed by atoms with van der Waals surface area (Å²) in [6.45, 7) is 2.48. The number of Topliss-reactive ketones (excluding diaryl/α,β-unsaturated/α-hetero) is 1. The number of amides is 1. The summed E-state index contributed by atoms with van der Waals surface area (Å²) in [5.41, 5.74) is 0.509. The van der Waals surface area contributed by atoms with Crippen molar-refractivity contribution in [3.63, 3.8) is 0 Å². The highest BCUT2D eigenvalue weighted by Crippen LogP contribution is 2.09. The van der Waals surface area contributed by atoms with Crippen LogP contribution in [-0.2, 0) is 4.79 Å². The van der Waals surface area contributed by atoms with Crippen molar-refractivity contribution in [1.29, 1.82) is 0 Å². The van der Waals surface area contributed by atoms with Crippen molar-refractivity contribution >= 4 is 23.5 Å². The summed E-state index contributed by atoms with van der Waals surface area (Å²) in [5, 5.41) is 2.69. The van der Waals surface area contributed by atoms with Gasteiger partial charge in [-0.15, -0.1) is 0 Å². The van der Waals surface area contributed by atoms with E-state index in [9.17, 15) is 14.0 Å². The fraction of sp³-hybridized carbons (Fsp3) is 0.385. The molecule has 0 saturated carbocycles. The van der Waals surface area contributed by atoms with Gasteiger partial charge < -0.3 is 5.32 Å². The lowest BCUT2D eigenvalue weighted by Crippen LogP contribution is -2.24. The fourth-order valence-electron chi connectivity index (χ4n) is 1.36. The molecule has 0 bridgehead atoms. The maximum Gasteiger partial charge on any atom is 0.229 e. The molecule has 1 aromatic rings. The first kappa shape index (κ1) is 14.7. The highest BCUT2D eigenvalue weighted by atomic mass is 32.2. The van der Waals surface area contributed by atoms with Gasteiger partial charge in [-0.25, -0.2) is 4.39 Å². The predicted molar refractivity (Wildman–Crippen MR) is 71.4 cm³/mol. The Morgan fingerprint density at radius 3 is 2.56 bits per heavy atom. The second-order valence-electron chi connectivity index (χ2n) is 3.69. The standard InChI is InChI=1S/C13H16FNO2S/c1-2-15-13(17)9-18-8-7-12(16)10-3-5-11(14)6-4-10/h3-6H,2,7-9H2,1H3,(H,15,17). The molecule has 0 heterocycles. The molecule has 5 heteroatoms. The van der Waals surface area contributed by atoms with Crippen LogP contribution in [0.15, 0.2) is 24.3 Å². The molecule has 0 unspecified atom stereocenters. The Kier molecular flexibility index (Phi) is 6.43. The average molecular weight is 269 g/mol. The molecule has 0 fully saturated rings. The van der Waals surface area contributed by atoms with Gasteiger partial charge in [-0.05, 0) is 31.2 Å². The van der Waals surface area contributed by atoms with Crippen molar-refractivity contribution in [2.24, 2.45) is 0 Å². The van der Waals surface area contributed by atoms with E-state index in [1.807, 2.05) is 6.92 Å². The highest BCUT2D eigenvalue weighted by molar-refractivity contribution is 7.99. The first-order chi connectivity index (χ1) is 8.63. The van der Waals surface area contributed by atoms with E-state index in [1.54, 1.807) is 0 Å². The van der Waals surface area contributed by atoms with Crippen LogP contribution in [0.4, 0.5) is 4.39 Å². The Bertz CT molecular complexity index is 406. The lowest BCUT2D eigenvalue weighted by Gasteiger charge is -2.02. The minimum absolute atomic E-state index is 0.0169. The summed E-state index contributed by atoms with van der Waals surface area (Å²) < 4.78 is 12.7. The van der Waals surface area contributed by atoms with Crippen LogP contribution >= 0.6 is 11.8 Å². The van der Waals surface area contributed by atoms with E-state index < -0.39 is 0 Å². The smallest absolute Gasteiger partial charge is 0.229 e. The number of hydrogen-bond donors (Lipinski definition) is 1. The third-order valence-corrected chi connectivity index (χ3v) is 3.21. The molecular weight excluding hydrogens is 253 g/mol. The molecule has 0 aliphatic carbocycles. The molecule has 0 aliphatic heterocycles. The molecule has 0 aromatic heterocycles. The van der Waals surface area contributed by atoms with Gasteiger partial charge in [-0.1, -0.05) is 0 Å². The van der Waals surface area contributed by atoms with Gasteiger partial charge in [-0.3, -0.25) is 9.59 Å². The maximum atomic E-state index is 12.7. The summed E-state index contributed by atoms with van der Waals surface area (Å²) in [6.07, 6.45) is 0.357. The largest absolute Gasteiger partial charge is 0.356 e. The van der Waals surface area contributed by atoms with Crippen LogP contribution in [0.1, 0.15) is 23.7 Å². The van der Waals surface area contributed by atoms with E-state index in [0.29, 0.717) is 30.0 Å². The van der Waals surface area contributed by atoms with Gasteiger partial charge in [0.2, 0.25) is 5.91 Å². The number of benzene rings is 1. The lowest BCUT2D eigenvalue weighted by molar-refractivity contribution is -0.118. The number of thioether (sulfide) groups is 1. The van der Waals surface area contributed by atoms with Gasteiger partial charge in [0.05, 0.1) is 5.75 Å². The third kappa shape index (κ3) is 5.31. The van der Waals surface area contributed by atoms with Gasteiger partial charge >= 0.3 is 0 Å². The highest BCUT2D eigenvalue weighted by Gasteiger charge is 2.06.